The molecule has 13 nitrogen and oxygen atoms in total. The number of aliphatic hydroxyl groups excluding tert-OH is 1. The number of ether oxygens (including phenoxy) is 6. The molecule has 4 aliphatic rings. The molecule has 0 amide bonds. The average molecular weight is 735 g/mol. The van der Waals surface area contributed by atoms with Gasteiger partial charge < -0.3 is 38.6 Å². The van der Waals surface area contributed by atoms with Crippen LogP contribution in [-0.2, 0) is 42.8 Å². The Labute approximate surface area is 307 Å². The molecular weight excluding hydrogens is 688 g/mol. The van der Waals surface area contributed by atoms with E-state index in [1.165, 1.54) is 46.8 Å². The van der Waals surface area contributed by atoms with Crippen LogP contribution in [0.2, 0.25) is 0 Å². The number of hydrogen-bond acceptors (Lipinski definition) is 13. The molecule has 10 atom stereocenters. The van der Waals surface area contributed by atoms with E-state index in [1.54, 1.807) is 62.4 Å². The summed E-state index contributed by atoms with van der Waals surface area (Å²) in [6, 6.07) is 16.2. The van der Waals surface area contributed by atoms with Gasteiger partial charge in [0.1, 0.15) is 36.6 Å². The predicted molar refractivity (Wildman–Crippen MR) is 185 cm³/mol. The first-order valence-corrected chi connectivity index (χ1v) is 17.7. The van der Waals surface area contributed by atoms with Crippen LogP contribution < -0.4 is 0 Å². The molecule has 6 rings (SSSR count). The lowest BCUT2D eigenvalue weighted by Crippen LogP contribution is -2.79. The molecule has 3 aliphatic carbocycles. The number of benzene rings is 2. The molecule has 1 aliphatic heterocycles. The number of aliphatic hydroxyl groups is 2. The van der Waals surface area contributed by atoms with Gasteiger partial charge in [-0.1, -0.05) is 43.3 Å². The quantitative estimate of drug-likeness (QED) is 0.227. The van der Waals surface area contributed by atoms with Crippen LogP contribution in [0.3, 0.4) is 0 Å². The molecule has 1 unspecified atom stereocenters. The van der Waals surface area contributed by atoms with E-state index in [2.05, 4.69) is 0 Å². The van der Waals surface area contributed by atoms with E-state index in [1.807, 2.05) is 0 Å². The summed E-state index contributed by atoms with van der Waals surface area (Å²) in [5.74, 6) is -4.96. The molecule has 0 spiro atoms. The summed E-state index contributed by atoms with van der Waals surface area (Å²) >= 11 is 0. The smallest absolute Gasteiger partial charge is 0.338 e. The van der Waals surface area contributed by atoms with Crippen LogP contribution in [0.15, 0.2) is 71.8 Å². The van der Waals surface area contributed by atoms with Gasteiger partial charge >= 0.3 is 29.8 Å². The van der Waals surface area contributed by atoms with Gasteiger partial charge in [-0.3, -0.25) is 14.4 Å². The highest BCUT2D eigenvalue weighted by Gasteiger charge is 2.80. The monoisotopic (exact) mass is 734 g/mol. The molecule has 2 saturated carbocycles. The number of esters is 5. The van der Waals surface area contributed by atoms with Crippen molar-refractivity contribution in [3.8, 4) is 0 Å². The lowest BCUT2D eigenvalue weighted by molar-refractivity contribution is -0.351. The van der Waals surface area contributed by atoms with Crippen LogP contribution in [0.1, 0.15) is 82.0 Å². The van der Waals surface area contributed by atoms with Crippen molar-refractivity contribution in [3.63, 3.8) is 0 Å². The summed E-state index contributed by atoms with van der Waals surface area (Å²) in [6.07, 6.45) is -8.24. The topological polar surface area (TPSA) is 181 Å². The van der Waals surface area contributed by atoms with Gasteiger partial charge in [0.2, 0.25) is 0 Å². The fraction of sp³-hybridized carbons (Fsp3) is 0.525. The number of fused-ring (bicyclic) bond motifs is 4. The van der Waals surface area contributed by atoms with Gasteiger partial charge in [0.05, 0.1) is 40.1 Å². The van der Waals surface area contributed by atoms with Crippen LogP contribution in [0, 0.1) is 16.7 Å². The van der Waals surface area contributed by atoms with Gasteiger partial charge in [-0.2, -0.15) is 0 Å². The third kappa shape index (κ3) is 6.12. The van der Waals surface area contributed by atoms with Crippen molar-refractivity contribution in [2.75, 3.05) is 6.61 Å². The molecule has 0 radical (unpaired) electrons. The molecule has 1 saturated heterocycles. The lowest BCUT2D eigenvalue weighted by Gasteiger charge is -2.65. The van der Waals surface area contributed by atoms with Gasteiger partial charge in [-0.15, -0.1) is 0 Å². The minimum atomic E-state index is -1.88. The zero-order chi connectivity index (χ0) is 38.7. The minimum Gasteiger partial charge on any atom is -0.462 e. The van der Waals surface area contributed by atoms with Crippen LogP contribution in [0.5, 0.6) is 0 Å². The summed E-state index contributed by atoms with van der Waals surface area (Å²) in [5, 5.41) is 25.4. The summed E-state index contributed by atoms with van der Waals surface area (Å²) in [4.78, 5) is 66.9. The average Bonchev–Trinajstić information content (AvgIpc) is 3.35. The fourth-order valence-corrected chi connectivity index (χ4v) is 9.60. The predicted octanol–water partition coefficient (Wildman–Crippen LogP) is 3.88. The Morgan fingerprint density at radius 2 is 1.32 bits per heavy atom. The van der Waals surface area contributed by atoms with Crippen molar-refractivity contribution in [2.45, 2.75) is 109 Å². The Bertz CT molecular complexity index is 1820. The first-order chi connectivity index (χ1) is 24.9. The van der Waals surface area contributed by atoms with Crippen LogP contribution in [-0.4, -0.2) is 94.5 Å². The Balaban J connectivity index is 1.71. The van der Waals surface area contributed by atoms with E-state index in [9.17, 15) is 34.2 Å². The molecular formula is C40H46O13. The van der Waals surface area contributed by atoms with E-state index in [0.29, 0.717) is 5.57 Å². The number of carbonyl (C=O) groups excluding carboxylic acids is 5. The second kappa shape index (κ2) is 13.7. The molecule has 2 aromatic rings. The maximum absolute atomic E-state index is 14.3. The largest absolute Gasteiger partial charge is 0.462 e. The van der Waals surface area contributed by atoms with E-state index in [-0.39, 0.29) is 36.1 Å². The Kier molecular flexibility index (Phi) is 9.84. The summed E-state index contributed by atoms with van der Waals surface area (Å²) in [6.45, 7) is 9.69. The van der Waals surface area contributed by atoms with Crippen molar-refractivity contribution >= 4 is 29.8 Å². The Morgan fingerprint density at radius 1 is 0.792 bits per heavy atom. The highest BCUT2D eigenvalue weighted by atomic mass is 16.6. The van der Waals surface area contributed by atoms with Crippen molar-refractivity contribution in [3.05, 3.63) is 82.9 Å². The fourth-order valence-electron chi connectivity index (χ4n) is 9.60. The van der Waals surface area contributed by atoms with Crippen LogP contribution in [0.25, 0.3) is 0 Å². The highest BCUT2D eigenvalue weighted by Crippen LogP contribution is 2.68. The van der Waals surface area contributed by atoms with E-state index in [4.69, 9.17) is 28.4 Å². The second-order valence-electron chi connectivity index (χ2n) is 15.3. The van der Waals surface area contributed by atoms with Gasteiger partial charge in [-0.25, -0.2) is 9.59 Å². The zero-order valence-corrected chi connectivity index (χ0v) is 30.8. The summed E-state index contributed by atoms with van der Waals surface area (Å²) < 4.78 is 37.1. The van der Waals surface area contributed by atoms with E-state index >= 15 is 0 Å². The highest BCUT2D eigenvalue weighted by molar-refractivity contribution is 5.90. The standard InChI is InChI=1S/C40H46O13/c1-21-27(49-22(2)41)19-39(37(5,6)47)30(21)31(44)33(51-35(45)25-14-10-8-11-15-25)38(7)28(50-23(3)42)18-29-40(20-48-29,53-24(4)43)32(38)34(39)52-36(46)26-16-12-9-13-17-26/h8-17,27-29,31-34,44,47H,18-20H2,1-7H3/t27-,28-,29+,31+,32?,33-,34-,38+,39-,40-/m0/s1. The van der Waals surface area contributed by atoms with Crippen molar-refractivity contribution in [2.24, 2.45) is 16.7 Å². The third-order valence-electron chi connectivity index (χ3n) is 11.8. The maximum atomic E-state index is 14.3. The van der Waals surface area contributed by atoms with Gasteiger partial charge in [0.15, 0.2) is 5.60 Å². The first kappa shape index (κ1) is 38.1. The lowest BCUT2D eigenvalue weighted by atomic mass is 9.49. The molecule has 0 aromatic heterocycles. The van der Waals surface area contributed by atoms with Gasteiger partial charge in [0, 0.05) is 33.6 Å². The molecule has 13 heteroatoms. The summed E-state index contributed by atoms with van der Waals surface area (Å²) in [7, 11) is 0. The summed E-state index contributed by atoms with van der Waals surface area (Å²) in [5.41, 5.74) is -6.25. The van der Waals surface area contributed by atoms with Crippen LogP contribution >= 0.6 is 0 Å². The molecule has 0 bridgehead atoms. The normalized spacial score (nSPS) is 34.5. The first-order valence-electron chi connectivity index (χ1n) is 17.7. The third-order valence-corrected chi connectivity index (χ3v) is 11.8. The van der Waals surface area contributed by atoms with Gasteiger partial charge in [0.25, 0.3) is 0 Å². The van der Waals surface area contributed by atoms with Crippen molar-refractivity contribution in [1.82, 2.24) is 0 Å². The minimum absolute atomic E-state index is 0.0467. The maximum Gasteiger partial charge on any atom is 0.338 e. The second-order valence-corrected chi connectivity index (χ2v) is 15.3. The molecule has 2 aromatic carbocycles. The SMILES string of the molecule is CC(=O)O[C@H]1C[C@]2(C(C)(C)O)C(=C1C)[C@@H](O)[C@H](OC(=O)c1ccccc1)[C@@]1(C)C([C@@H]2OC(=O)c2ccccc2)[C@]2(OC(C)=O)CO[C@@H]2C[C@@H]1OC(C)=O. The number of rotatable bonds is 8. The molecule has 1 heterocycles. The number of carbonyl (C=O) groups is 5. The molecule has 2 N–H and O–H groups in total. The molecule has 53 heavy (non-hydrogen) atoms. The Hall–Kier alpha value is -4.59. The van der Waals surface area contributed by atoms with E-state index < -0.39 is 94.4 Å². The van der Waals surface area contributed by atoms with Crippen LogP contribution in [0.4, 0.5) is 0 Å². The molecule has 3 fully saturated rings. The van der Waals surface area contributed by atoms with E-state index in [0.717, 1.165) is 0 Å². The zero-order valence-electron chi connectivity index (χ0n) is 30.8. The molecule has 284 valence electrons. The van der Waals surface area contributed by atoms with Crippen molar-refractivity contribution < 1.29 is 62.6 Å². The Morgan fingerprint density at radius 3 is 1.77 bits per heavy atom. The van der Waals surface area contributed by atoms with Gasteiger partial charge in [-0.05, 0) is 56.2 Å². The number of hydrogen-bond donors (Lipinski definition) is 2. The van der Waals surface area contributed by atoms with Crippen molar-refractivity contribution in [1.29, 1.82) is 0 Å².